The lowest BCUT2D eigenvalue weighted by atomic mass is 10.0. The van der Waals surface area contributed by atoms with E-state index in [0.717, 1.165) is 15.7 Å². The summed E-state index contributed by atoms with van der Waals surface area (Å²) in [6.45, 7) is 3.47. The van der Waals surface area contributed by atoms with Crippen LogP contribution in [0.3, 0.4) is 0 Å². The fourth-order valence-corrected chi connectivity index (χ4v) is 3.35. The highest BCUT2D eigenvalue weighted by Gasteiger charge is 2.25. The molecular weight excluding hydrogens is 368 g/mol. The molecule has 24 heavy (non-hydrogen) atoms. The molecule has 0 radical (unpaired) electrons. The zero-order valence-corrected chi connectivity index (χ0v) is 14.9. The van der Waals surface area contributed by atoms with Crippen LogP contribution in [0.1, 0.15) is 34.5 Å². The first-order valence-corrected chi connectivity index (χ1v) is 8.55. The number of halogens is 1. The van der Waals surface area contributed by atoms with Gasteiger partial charge in [0.05, 0.1) is 18.2 Å². The maximum Gasteiger partial charge on any atom is 0.161 e. The smallest absolute Gasteiger partial charge is 0.161 e. The number of carbonyl (C=O) groups is 1. The SMILES string of the molecule is CC(=O)c1ccc(C#N)cc1N1CCOC(c2cccc(Br)c2)C1. The third-order valence-electron chi connectivity index (χ3n) is 4.13. The molecule has 5 heteroatoms. The number of nitriles is 1. The van der Waals surface area contributed by atoms with Crippen molar-refractivity contribution in [2.75, 3.05) is 24.6 Å². The minimum atomic E-state index is -0.0678. The molecule has 0 amide bonds. The Morgan fingerprint density at radius 1 is 1.33 bits per heavy atom. The van der Waals surface area contributed by atoms with Gasteiger partial charge in [0.2, 0.25) is 0 Å². The van der Waals surface area contributed by atoms with Gasteiger partial charge >= 0.3 is 0 Å². The summed E-state index contributed by atoms with van der Waals surface area (Å²) < 4.78 is 6.93. The highest BCUT2D eigenvalue weighted by molar-refractivity contribution is 9.10. The van der Waals surface area contributed by atoms with Gasteiger partial charge in [-0.05, 0) is 42.8 Å². The van der Waals surface area contributed by atoms with Crippen LogP contribution in [0.5, 0.6) is 0 Å². The number of morpholine rings is 1. The molecule has 122 valence electrons. The Hall–Kier alpha value is -2.16. The van der Waals surface area contributed by atoms with Gasteiger partial charge in [-0.25, -0.2) is 0 Å². The Bertz CT molecular complexity index is 813. The minimum Gasteiger partial charge on any atom is -0.370 e. The van der Waals surface area contributed by atoms with E-state index in [9.17, 15) is 4.79 Å². The maximum atomic E-state index is 12.0. The second-order valence-electron chi connectivity index (χ2n) is 5.76. The summed E-state index contributed by atoms with van der Waals surface area (Å²) in [5, 5.41) is 9.17. The molecule has 0 aliphatic carbocycles. The largest absolute Gasteiger partial charge is 0.370 e. The molecule has 2 aromatic rings. The maximum absolute atomic E-state index is 12.0. The van der Waals surface area contributed by atoms with E-state index in [-0.39, 0.29) is 11.9 Å². The van der Waals surface area contributed by atoms with E-state index in [4.69, 9.17) is 10.00 Å². The number of benzene rings is 2. The Balaban J connectivity index is 1.92. The van der Waals surface area contributed by atoms with Crippen LogP contribution in [0.25, 0.3) is 0 Å². The van der Waals surface area contributed by atoms with Crippen LogP contribution in [-0.4, -0.2) is 25.5 Å². The van der Waals surface area contributed by atoms with Crippen molar-refractivity contribution in [1.29, 1.82) is 5.26 Å². The molecule has 2 aromatic carbocycles. The number of ketones is 1. The number of Topliss-reactive ketones (excluding diaryl/α,β-unsaturated/α-hetero) is 1. The second kappa shape index (κ2) is 7.16. The lowest BCUT2D eigenvalue weighted by Crippen LogP contribution is -2.39. The van der Waals surface area contributed by atoms with Crippen molar-refractivity contribution in [3.8, 4) is 6.07 Å². The van der Waals surface area contributed by atoms with Crippen LogP contribution in [0.15, 0.2) is 46.9 Å². The Kier molecular flexibility index (Phi) is 4.98. The van der Waals surface area contributed by atoms with Crippen LogP contribution in [0.4, 0.5) is 5.69 Å². The standard InChI is InChI=1S/C19H17BrN2O2/c1-13(23)17-6-5-14(11-21)9-18(17)22-7-8-24-19(12-22)15-3-2-4-16(20)10-15/h2-6,9-10,19H,7-8,12H2,1H3. The topological polar surface area (TPSA) is 53.3 Å². The second-order valence-corrected chi connectivity index (χ2v) is 6.68. The summed E-state index contributed by atoms with van der Waals surface area (Å²) in [4.78, 5) is 14.1. The molecule has 0 N–H and O–H groups in total. The van der Waals surface area contributed by atoms with E-state index in [1.54, 1.807) is 25.1 Å². The monoisotopic (exact) mass is 384 g/mol. The van der Waals surface area contributed by atoms with E-state index in [0.29, 0.717) is 30.8 Å². The molecule has 1 saturated heterocycles. The number of rotatable bonds is 3. The predicted octanol–water partition coefficient (Wildman–Crippen LogP) is 4.10. The molecule has 1 aliphatic heterocycles. The van der Waals surface area contributed by atoms with E-state index >= 15 is 0 Å². The number of hydrogen-bond donors (Lipinski definition) is 0. The molecule has 0 spiro atoms. The predicted molar refractivity (Wildman–Crippen MR) is 96.2 cm³/mol. The van der Waals surface area contributed by atoms with Crippen molar-refractivity contribution < 1.29 is 9.53 Å². The fraction of sp³-hybridized carbons (Fsp3) is 0.263. The van der Waals surface area contributed by atoms with Crippen LogP contribution < -0.4 is 4.90 Å². The number of carbonyl (C=O) groups excluding carboxylic acids is 1. The zero-order chi connectivity index (χ0) is 17.1. The Labute approximate surface area is 149 Å². The molecule has 1 atom stereocenters. The quantitative estimate of drug-likeness (QED) is 0.747. The van der Waals surface area contributed by atoms with Crippen molar-refractivity contribution in [3.63, 3.8) is 0 Å². The summed E-state index contributed by atoms with van der Waals surface area (Å²) in [6, 6.07) is 15.4. The van der Waals surface area contributed by atoms with Gasteiger partial charge in [-0.1, -0.05) is 28.1 Å². The van der Waals surface area contributed by atoms with Gasteiger partial charge in [0.25, 0.3) is 0 Å². The molecule has 0 aromatic heterocycles. The zero-order valence-electron chi connectivity index (χ0n) is 13.3. The molecular formula is C19H17BrN2O2. The van der Waals surface area contributed by atoms with Gasteiger partial charge in [-0.2, -0.15) is 5.26 Å². The highest BCUT2D eigenvalue weighted by Crippen LogP contribution is 2.30. The fourth-order valence-electron chi connectivity index (χ4n) is 2.94. The van der Waals surface area contributed by atoms with Gasteiger partial charge in [-0.15, -0.1) is 0 Å². The van der Waals surface area contributed by atoms with Gasteiger partial charge in [-0.3, -0.25) is 4.79 Å². The Morgan fingerprint density at radius 3 is 2.88 bits per heavy atom. The normalized spacial score (nSPS) is 17.4. The molecule has 1 unspecified atom stereocenters. The summed E-state index contributed by atoms with van der Waals surface area (Å²) in [7, 11) is 0. The highest BCUT2D eigenvalue weighted by atomic mass is 79.9. The van der Waals surface area contributed by atoms with Crippen molar-refractivity contribution >= 4 is 27.4 Å². The third kappa shape index (κ3) is 3.50. The van der Waals surface area contributed by atoms with E-state index in [1.165, 1.54) is 0 Å². The number of ether oxygens (including phenoxy) is 1. The minimum absolute atomic E-state index is 0.0000119. The van der Waals surface area contributed by atoms with E-state index < -0.39 is 0 Å². The van der Waals surface area contributed by atoms with E-state index in [1.807, 2.05) is 24.3 Å². The molecule has 1 fully saturated rings. The number of anilines is 1. The van der Waals surface area contributed by atoms with Gasteiger partial charge in [0.15, 0.2) is 5.78 Å². The molecule has 1 heterocycles. The lowest BCUT2D eigenvalue weighted by molar-refractivity contribution is 0.0397. The lowest BCUT2D eigenvalue weighted by Gasteiger charge is -2.35. The van der Waals surface area contributed by atoms with Crippen molar-refractivity contribution in [2.24, 2.45) is 0 Å². The average molecular weight is 385 g/mol. The van der Waals surface area contributed by atoms with Crippen LogP contribution in [0, 0.1) is 11.3 Å². The Morgan fingerprint density at radius 2 is 2.17 bits per heavy atom. The van der Waals surface area contributed by atoms with Gasteiger partial charge < -0.3 is 9.64 Å². The summed E-state index contributed by atoms with van der Waals surface area (Å²) in [5.41, 5.74) is 3.10. The first-order valence-electron chi connectivity index (χ1n) is 7.75. The summed E-state index contributed by atoms with van der Waals surface area (Å²) in [6.07, 6.45) is -0.0678. The molecule has 4 nitrogen and oxygen atoms in total. The molecule has 3 rings (SSSR count). The first-order chi connectivity index (χ1) is 11.6. The van der Waals surface area contributed by atoms with Crippen molar-refractivity contribution in [3.05, 3.63) is 63.6 Å². The van der Waals surface area contributed by atoms with Crippen molar-refractivity contribution in [1.82, 2.24) is 0 Å². The average Bonchev–Trinajstić information content (AvgIpc) is 2.61. The molecule has 1 aliphatic rings. The molecule has 0 saturated carbocycles. The van der Waals surface area contributed by atoms with Crippen LogP contribution in [-0.2, 0) is 4.74 Å². The first kappa shape index (κ1) is 16.7. The summed E-state index contributed by atoms with van der Waals surface area (Å²) in [5.74, 6) is -0.0000119. The van der Waals surface area contributed by atoms with E-state index in [2.05, 4.69) is 26.9 Å². The number of nitrogens with zero attached hydrogens (tertiary/aromatic N) is 2. The van der Waals surface area contributed by atoms with Gasteiger partial charge in [0.1, 0.15) is 6.10 Å². The molecule has 0 bridgehead atoms. The van der Waals surface area contributed by atoms with Crippen LogP contribution in [0.2, 0.25) is 0 Å². The van der Waals surface area contributed by atoms with Gasteiger partial charge in [0, 0.05) is 28.8 Å². The van der Waals surface area contributed by atoms with Crippen LogP contribution >= 0.6 is 15.9 Å². The summed E-state index contributed by atoms with van der Waals surface area (Å²) >= 11 is 3.49. The third-order valence-corrected chi connectivity index (χ3v) is 4.63. The number of hydrogen-bond acceptors (Lipinski definition) is 4. The van der Waals surface area contributed by atoms with Crippen molar-refractivity contribution in [2.45, 2.75) is 13.0 Å².